The summed E-state index contributed by atoms with van der Waals surface area (Å²) in [7, 11) is -0.321. The second kappa shape index (κ2) is 3.57. The summed E-state index contributed by atoms with van der Waals surface area (Å²) in [5, 5.41) is 0. The SMILES string of the molecule is CC1(C)OB(C2=CC=C(C=O)C2)OC1(C)C. The van der Waals surface area contributed by atoms with Crippen molar-refractivity contribution < 1.29 is 14.1 Å². The van der Waals surface area contributed by atoms with E-state index in [9.17, 15) is 4.79 Å². The third kappa shape index (κ3) is 1.76. The highest BCUT2D eigenvalue weighted by Crippen LogP contribution is 2.40. The minimum absolute atomic E-state index is 0.317. The topological polar surface area (TPSA) is 35.5 Å². The Labute approximate surface area is 96.6 Å². The van der Waals surface area contributed by atoms with Crippen LogP contribution in [0.15, 0.2) is 23.2 Å². The van der Waals surface area contributed by atoms with E-state index in [1.165, 1.54) is 0 Å². The molecule has 0 amide bonds. The van der Waals surface area contributed by atoms with E-state index in [1.807, 2.05) is 39.8 Å². The van der Waals surface area contributed by atoms with Gasteiger partial charge in [0.25, 0.3) is 0 Å². The zero-order valence-electron chi connectivity index (χ0n) is 10.2. The van der Waals surface area contributed by atoms with Crippen LogP contribution >= 0.6 is 0 Å². The second-order valence-electron chi connectivity index (χ2n) is 5.37. The third-order valence-electron chi connectivity index (χ3n) is 3.63. The lowest BCUT2D eigenvalue weighted by Gasteiger charge is -2.32. The molecule has 3 nitrogen and oxygen atoms in total. The van der Waals surface area contributed by atoms with E-state index < -0.39 is 0 Å². The molecular weight excluding hydrogens is 203 g/mol. The fraction of sp³-hybridized carbons (Fsp3) is 0.583. The van der Waals surface area contributed by atoms with Gasteiger partial charge in [-0.2, -0.15) is 0 Å². The summed E-state index contributed by atoms with van der Waals surface area (Å²) in [5.41, 5.74) is 1.18. The van der Waals surface area contributed by atoms with Crippen molar-refractivity contribution in [2.24, 2.45) is 0 Å². The Morgan fingerprint density at radius 2 is 1.75 bits per heavy atom. The van der Waals surface area contributed by atoms with Crippen LogP contribution in [0.5, 0.6) is 0 Å². The van der Waals surface area contributed by atoms with Gasteiger partial charge in [-0.25, -0.2) is 0 Å². The second-order valence-corrected chi connectivity index (χ2v) is 5.37. The first kappa shape index (κ1) is 11.6. The molecule has 0 radical (unpaired) electrons. The van der Waals surface area contributed by atoms with Crippen LogP contribution in [0.2, 0.25) is 0 Å². The summed E-state index contributed by atoms with van der Waals surface area (Å²) < 4.78 is 11.8. The average Bonchev–Trinajstić information content (AvgIpc) is 2.70. The summed E-state index contributed by atoms with van der Waals surface area (Å²) in [4.78, 5) is 10.6. The normalized spacial score (nSPS) is 26.6. The molecule has 0 spiro atoms. The maximum Gasteiger partial charge on any atom is 0.490 e. The number of carbonyl (C=O) groups excluding carboxylic acids is 1. The molecule has 0 saturated carbocycles. The fourth-order valence-corrected chi connectivity index (χ4v) is 1.80. The Morgan fingerprint density at radius 3 is 2.19 bits per heavy atom. The zero-order valence-corrected chi connectivity index (χ0v) is 10.2. The molecule has 0 atom stereocenters. The van der Waals surface area contributed by atoms with Gasteiger partial charge in [-0.05, 0) is 45.2 Å². The van der Waals surface area contributed by atoms with Crippen LogP contribution in [0.1, 0.15) is 34.1 Å². The maximum absolute atomic E-state index is 10.6. The van der Waals surface area contributed by atoms with Gasteiger partial charge in [-0.15, -0.1) is 0 Å². The molecule has 0 aromatic rings. The van der Waals surface area contributed by atoms with E-state index in [0.717, 1.165) is 17.3 Å². The van der Waals surface area contributed by atoms with Gasteiger partial charge in [0.1, 0.15) is 6.29 Å². The molecule has 1 aliphatic heterocycles. The summed E-state index contributed by atoms with van der Waals surface area (Å²) in [6.45, 7) is 8.10. The number of aldehydes is 1. The lowest BCUT2D eigenvalue weighted by atomic mass is 9.77. The first-order valence-corrected chi connectivity index (χ1v) is 5.56. The molecule has 0 bridgehead atoms. The van der Waals surface area contributed by atoms with E-state index in [-0.39, 0.29) is 18.3 Å². The van der Waals surface area contributed by atoms with Gasteiger partial charge in [0, 0.05) is 0 Å². The smallest absolute Gasteiger partial charge is 0.400 e. The molecule has 1 aliphatic carbocycles. The van der Waals surface area contributed by atoms with Crippen molar-refractivity contribution in [3.05, 3.63) is 23.2 Å². The van der Waals surface area contributed by atoms with Crippen LogP contribution < -0.4 is 0 Å². The van der Waals surface area contributed by atoms with Crippen LogP contribution in [-0.2, 0) is 14.1 Å². The van der Waals surface area contributed by atoms with Gasteiger partial charge >= 0.3 is 7.12 Å². The molecule has 0 unspecified atom stereocenters. The highest BCUT2D eigenvalue weighted by atomic mass is 16.7. The Balaban J connectivity index is 2.09. The van der Waals surface area contributed by atoms with Gasteiger partial charge in [0.05, 0.1) is 11.2 Å². The van der Waals surface area contributed by atoms with Crippen LogP contribution in [0.3, 0.4) is 0 Å². The Kier molecular flexibility index (Phi) is 2.59. The molecule has 4 heteroatoms. The Hall–Kier alpha value is -0.865. The predicted octanol–water partition coefficient (Wildman–Crippen LogP) is 2.07. The monoisotopic (exact) mass is 220 g/mol. The van der Waals surface area contributed by atoms with Crippen LogP contribution in [0, 0.1) is 0 Å². The summed E-state index contributed by atoms with van der Waals surface area (Å²) in [5.74, 6) is 0. The summed E-state index contributed by atoms with van der Waals surface area (Å²) >= 11 is 0. The number of allylic oxidation sites excluding steroid dienone is 4. The molecule has 0 aromatic carbocycles. The number of rotatable bonds is 2. The molecule has 86 valence electrons. The largest absolute Gasteiger partial charge is 0.490 e. The number of hydrogen-bond donors (Lipinski definition) is 0. The lowest BCUT2D eigenvalue weighted by Crippen LogP contribution is -2.41. The Bertz CT molecular complexity index is 364. The van der Waals surface area contributed by atoms with Crippen LogP contribution in [0.25, 0.3) is 0 Å². The molecule has 16 heavy (non-hydrogen) atoms. The average molecular weight is 220 g/mol. The van der Waals surface area contributed by atoms with Crippen LogP contribution in [-0.4, -0.2) is 24.6 Å². The molecule has 2 aliphatic rings. The van der Waals surface area contributed by atoms with Gasteiger partial charge < -0.3 is 9.31 Å². The quantitative estimate of drug-likeness (QED) is 0.527. The molecule has 2 rings (SSSR count). The first-order valence-electron chi connectivity index (χ1n) is 5.56. The fourth-order valence-electron chi connectivity index (χ4n) is 1.80. The lowest BCUT2D eigenvalue weighted by molar-refractivity contribution is -0.104. The maximum atomic E-state index is 10.6. The van der Waals surface area contributed by atoms with Gasteiger partial charge in [0.15, 0.2) is 0 Å². The van der Waals surface area contributed by atoms with Crippen molar-refractivity contribution in [2.75, 3.05) is 0 Å². The zero-order chi connectivity index (χ0) is 12.0. The van der Waals surface area contributed by atoms with Crippen molar-refractivity contribution in [3.63, 3.8) is 0 Å². The van der Waals surface area contributed by atoms with E-state index in [2.05, 4.69) is 0 Å². The van der Waals surface area contributed by atoms with Crippen LogP contribution in [0.4, 0.5) is 0 Å². The first-order chi connectivity index (χ1) is 7.36. The Morgan fingerprint density at radius 1 is 1.19 bits per heavy atom. The third-order valence-corrected chi connectivity index (χ3v) is 3.63. The summed E-state index contributed by atoms with van der Waals surface area (Å²) in [6, 6.07) is 0. The van der Waals surface area contributed by atoms with Gasteiger partial charge in [-0.3, -0.25) is 4.79 Å². The van der Waals surface area contributed by atoms with Crippen molar-refractivity contribution in [1.29, 1.82) is 0 Å². The molecule has 1 fully saturated rings. The standard InChI is InChI=1S/C12H17BO3/c1-11(2)12(3,4)16-13(15-11)10-6-5-9(7-10)8-14/h5-6,8H,7H2,1-4H3. The van der Waals surface area contributed by atoms with Gasteiger partial charge in [0.2, 0.25) is 0 Å². The molecule has 1 heterocycles. The highest BCUT2D eigenvalue weighted by molar-refractivity contribution is 6.55. The number of hydrogen-bond acceptors (Lipinski definition) is 3. The van der Waals surface area contributed by atoms with E-state index in [4.69, 9.17) is 9.31 Å². The van der Waals surface area contributed by atoms with E-state index in [0.29, 0.717) is 6.42 Å². The molecular formula is C12H17BO3. The van der Waals surface area contributed by atoms with Crippen molar-refractivity contribution in [1.82, 2.24) is 0 Å². The minimum atomic E-state index is -0.321. The van der Waals surface area contributed by atoms with Crippen molar-refractivity contribution >= 4 is 13.4 Å². The highest BCUT2D eigenvalue weighted by Gasteiger charge is 2.52. The molecule has 0 aromatic heterocycles. The predicted molar refractivity (Wildman–Crippen MR) is 62.9 cm³/mol. The van der Waals surface area contributed by atoms with Crippen molar-refractivity contribution in [3.8, 4) is 0 Å². The molecule has 0 N–H and O–H groups in total. The minimum Gasteiger partial charge on any atom is -0.400 e. The van der Waals surface area contributed by atoms with Gasteiger partial charge in [-0.1, -0.05) is 12.2 Å². The van der Waals surface area contributed by atoms with E-state index >= 15 is 0 Å². The summed E-state index contributed by atoms with van der Waals surface area (Å²) in [6.07, 6.45) is 5.27. The van der Waals surface area contributed by atoms with E-state index in [1.54, 1.807) is 0 Å². The number of carbonyl (C=O) groups is 1. The molecule has 1 saturated heterocycles. The van der Waals surface area contributed by atoms with Crippen molar-refractivity contribution in [2.45, 2.75) is 45.3 Å².